The third-order valence-corrected chi connectivity index (χ3v) is 3.37. The average molecular weight is 312 g/mol. The van der Waals surface area contributed by atoms with Crippen molar-refractivity contribution in [3.63, 3.8) is 0 Å². The molecule has 0 atom stereocenters. The number of nitriles is 1. The Balaban J connectivity index is 2.24. The highest BCUT2D eigenvalue weighted by molar-refractivity contribution is 6.70. The minimum absolute atomic E-state index is 0.112. The van der Waals surface area contributed by atoms with Crippen LogP contribution in [0.2, 0.25) is 19.6 Å². The number of ether oxygens (including phenoxy) is 1. The van der Waals surface area contributed by atoms with E-state index in [1.165, 1.54) is 12.1 Å². The molecule has 0 bridgehead atoms. The highest BCUT2D eigenvalue weighted by atomic mass is 28.4. The zero-order valence-corrected chi connectivity index (χ0v) is 13.7. The van der Waals surface area contributed by atoms with Crippen LogP contribution in [0.15, 0.2) is 42.5 Å². The summed E-state index contributed by atoms with van der Waals surface area (Å²) in [4.78, 5) is 16.1. The summed E-state index contributed by atoms with van der Waals surface area (Å²) in [7, 11) is -1.93. The van der Waals surface area contributed by atoms with Crippen molar-refractivity contribution < 1.29 is 14.0 Å². The van der Waals surface area contributed by atoms with E-state index in [-0.39, 0.29) is 11.8 Å². The predicted octanol–water partition coefficient (Wildman–Crippen LogP) is 3.39. The van der Waals surface area contributed by atoms with Gasteiger partial charge < -0.3 is 9.16 Å². The van der Waals surface area contributed by atoms with Crippen molar-refractivity contribution in [2.24, 2.45) is 0 Å². The number of pyridine rings is 1. The lowest BCUT2D eigenvalue weighted by atomic mass is 10.2. The van der Waals surface area contributed by atoms with Crippen LogP contribution in [0.5, 0.6) is 11.8 Å². The van der Waals surface area contributed by atoms with Crippen molar-refractivity contribution in [1.82, 2.24) is 4.98 Å². The zero-order valence-electron chi connectivity index (χ0n) is 12.7. The van der Waals surface area contributed by atoms with Gasteiger partial charge in [0.1, 0.15) is 11.6 Å². The number of hydrogen-bond donors (Lipinski definition) is 0. The Hall–Kier alpha value is -2.65. The van der Waals surface area contributed by atoms with Crippen molar-refractivity contribution in [2.75, 3.05) is 0 Å². The van der Waals surface area contributed by atoms with E-state index in [0.717, 1.165) is 0 Å². The fourth-order valence-electron chi connectivity index (χ4n) is 1.66. The van der Waals surface area contributed by atoms with E-state index in [1.54, 1.807) is 24.3 Å². The Morgan fingerprint density at radius 2 is 1.82 bits per heavy atom. The molecule has 2 rings (SSSR count). The molecule has 0 amide bonds. The smallest absolute Gasteiger partial charge is 0.344 e. The highest BCUT2D eigenvalue weighted by Crippen LogP contribution is 2.23. The van der Waals surface area contributed by atoms with Crippen LogP contribution in [0.4, 0.5) is 0 Å². The van der Waals surface area contributed by atoms with Gasteiger partial charge in [-0.15, -0.1) is 0 Å². The van der Waals surface area contributed by atoms with Gasteiger partial charge in [0.2, 0.25) is 20.1 Å². The van der Waals surface area contributed by atoms with E-state index in [2.05, 4.69) is 4.98 Å². The summed E-state index contributed by atoms with van der Waals surface area (Å²) in [5.41, 5.74) is 0.753. The maximum Gasteiger partial charge on any atom is 0.344 e. The monoisotopic (exact) mass is 312 g/mol. The first-order valence-corrected chi connectivity index (χ1v) is 10.2. The highest BCUT2D eigenvalue weighted by Gasteiger charge is 2.20. The molecule has 6 heteroatoms. The standard InChI is InChI=1S/C16H16N2O3Si/c1-22(2,3)21-15-13(11-17)9-10-14(18-15)20-16(19)12-7-5-4-6-8-12/h4-10H,1-3H3. The van der Waals surface area contributed by atoms with E-state index >= 15 is 0 Å². The third kappa shape index (κ3) is 4.17. The third-order valence-electron chi connectivity index (χ3n) is 2.56. The van der Waals surface area contributed by atoms with Gasteiger partial charge in [-0.25, -0.2) is 4.79 Å². The number of hydrogen-bond acceptors (Lipinski definition) is 5. The van der Waals surface area contributed by atoms with Gasteiger partial charge in [-0.2, -0.15) is 10.2 Å². The molecule has 0 aliphatic rings. The van der Waals surface area contributed by atoms with Gasteiger partial charge in [0.05, 0.1) is 5.56 Å². The van der Waals surface area contributed by atoms with Crippen molar-refractivity contribution >= 4 is 14.3 Å². The van der Waals surface area contributed by atoms with Crippen LogP contribution in [0.3, 0.4) is 0 Å². The van der Waals surface area contributed by atoms with Gasteiger partial charge in [0.15, 0.2) is 0 Å². The Morgan fingerprint density at radius 1 is 1.14 bits per heavy atom. The van der Waals surface area contributed by atoms with E-state index in [4.69, 9.17) is 14.4 Å². The predicted molar refractivity (Wildman–Crippen MR) is 84.3 cm³/mol. The Bertz CT molecular complexity index is 718. The van der Waals surface area contributed by atoms with Gasteiger partial charge in [0.25, 0.3) is 0 Å². The molecule has 0 radical (unpaired) electrons. The van der Waals surface area contributed by atoms with Crippen LogP contribution in [0, 0.1) is 11.3 Å². The molecular weight excluding hydrogens is 296 g/mol. The van der Waals surface area contributed by atoms with Crippen molar-refractivity contribution in [3.05, 3.63) is 53.6 Å². The van der Waals surface area contributed by atoms with E-state index in [1.807, 2.05) is 31.8 Å². The van der Waals surface area contributed by atoms with Crippen molar-refractivity contribution in [3.8, 4) is 17.8 Å². The summed E-state index contributed by atoms with van der Waals surface area (Å²) in [5, 5.41) is 9.10. The Morgan fingerprint density at radius 3 is 2.41 bits per heavy atom. The van der Waals surface area contributed by atoms with Gasteiger partial charge in [-0.3, -0.25) is 0 Å². The minimum Gasteiger partial charge on any atom is -0.530 e. The van der Waals surface area contributed by atoms with Crippen LogP contribution < -0.4 is 9.16 Å². The second-order valence-corrected chi connectivity index (χ2v) is 10.0. The molecule has 0 aliphatic heterocycles. The van der Waals surface area contributed by atoms with Gasteiger partial charge >= 0.3 is 5.97 Å². The molecule has 0 saturated heterocycles. The molecule has 0 spiro atoms. The maximum atomic E-state index is 12.0. The molecule has 2 aromatic rings. The Labute approximate surface area is 130 Å². The van der Waals surface area contributed by atoms with Crippen molar-refractivity contribution in [1.29, 1.82) is 5.26 Å². The molecule has 1 aromatic heterocycles. The van der Waals surface area contributed by atoms with Gasteiger partial charge in [0, 0.05) is 6.07 Å². The summed E-state index contributed by atoms with van der Waals surface area (Å²) < 4.78 is 11.0. The molecule has 0 unspecified atom stereocenters. The number of carbonyl (C=O) groups excluding carboxylic acids is 1. The van der Waals surface area contributed by atoms with Gasteiger partial charge in [-0.05, 0) is 37.8 Å². The number of aromatic nitrogens is 1. The lowest BCUT2D eigenvalue weighted by molar-refractivity contribution is 0.0727. The fourth-order valence-corrected chi connectivity index (χ4v) is 2.40. The summed E-state index contributed by atoms with van der Waals surface area (Å²) in [6.45, 7) is 5.95. The largest absolute Gasteiger partial charge is 0.530 e. The number of carbonyl (C=O) groups is 1. The first-order chi connectivity index (χ1) is 10.4. The van der Waals surface area contributed by atoms with Crippen LogP contribution in [-0.2, 0) is 0 Å². The first kappa shape index (κ1) is 15.7. The zero-order chi connectivity index (χ0) is 16.2. The molecule has 0 aliphatic carbocycles. The number of nitrogens with zero attached hydrogens (tertiary/aromatic N) is 2. The Kier molecular flexibility index (Phi) is 4.58. The summed E-state index contributed by atoms with van der Waals surface area (Å²) in [6.07, 6.45) is 0. The number of benzene rings is 1. The molecule has 1 aromatic carbocycles. The second-order valence-electron chi connectivity index (χ2n) is 5.58. The fraction of sp³-hybridized carbons (Fsp3) is 0.188. The van der Waals surface area contributed by atoms with Crippen molar-refractivity contribution in [2.45, 2.75) is 19.6 Å². The van der Waals surface area contributed by atoms with Crippen LogP contribution >= 0.6 is 0 Å². The lowest BCUT2D eigenvalue weighted by Crippen LogP contribution is -2.30. The molecule has 0 fully saturated rings. The molecule has 1 heterocycles. The minimum atomic E-state index is -1.93. The summed E-state index contributed by atoms with van der Waals surface area (Å²) >= 11 is 0. The van der Waals surface area contributed by atoms with E-state index in [0.29, 0.717) is 11.1 Å². The quantitative estimate of drug-likeness (QED) is 0.639. The second kappa shape index (κ2) is 6.41. The van der Waals surface area contributed by atoms with Crippen LogP contribution in [-0.4, -0.2) is 19.3 Å². The lowest BCUT2D eigenvalue weighted by Gasteiger charge is -2.19. The maximum absolute atomic E-state index is 12.0. The topological polar surface area (TPSA) is 72.2 Å². The molecular formula is C16H16N2O3Si. The van der Waals surface area contributed by atoms with Gasteiger partial charge in [-0.1, -0.05) is 18.2 Å². The van der Waals surface area contributed by atoms with E-state index < -0.39 is 14.3 Å². The average Bonchev–Trinajstić information content (AvgIpc) is 2.47. The van der Waals surface area contributed by atoms with Crippen LogP contribution in [0.1, 0.15) is 15.9 Å². The van der Waals surface area contributed by atoms with E-state index in [9.17, 15) is 4.79 Å². The molecule has 112 valence electrons. The molecule has 22 heavy (non-hydrogen) atoms. The summed E-state index contributed by atoms with van der Waals surface area (Å²) in [5.74, 6) is -0.183. The van der Waals surface area contributed by atoms with Crippen LogP contribution in [0.25, 0.3) is 0 Å². The number of rotatable bonds is 4. The molecule has 0 N–H and O–H groups in total. The number of esters is 1. The normalized spacial score (nSPS) is 10.6. The molecule has 5 nitrogen and oxygen atoms in total. The molecule has 0 saturated carbocycles. The SMILES string of the molecule is C[Si](C)(C)Oc1nc(OC(=O)c2ccccc2)ccc1C#N. The summed E-state index contributed by atoms with van der Waals surface area (Å²) in [6, 6.07) is 13.7. The first-order valence-electron chi connectivity index (χ1n) is 6.76.